The normalized spacial score (nSPS) is 24.2. The number of aromatic nitrogens is 1. The number of cyclic esters (lactones) is 1. The maximum atomic E-state index is 13.6. The standard InChI is InChI=1S/C33H48N6O4/c1-22(28(37-35)14-18-34)27-10-8-24(20-36-27)6-5-7-25(9-11-30(40)38(3)4)26-12-15-33(16-13-26)17-19-39(32(33)42)29-21-43-31(41)23(29)2/h8,10,18,20,22,25-26,28,34-35H,5-7,9,11-17,19,21H2,1-4H3. The minimum atomic E-state index is -0.338. The summed E-state index contributed by atoms with van der Waals surface area (Å²) in [6.07, 6.45) is 12.5. The Bertz CT molecular complexity index is 1220. The SMILES string of the molecule is CC1=C(N2CCC3(CCC(C(CCCc4ccc(C(C)C(CC=N)N=N)nc4)CCC(=O)N(C)C)CC3)C2=O)COC1=O. The van der Waals surface area contributed by atoms with E-state index >= 15 is 0 Å². The Labute approximate surface area is 255 Å². The van der Waals surface area contributed by atoms with Crippen molar-refractivity contribution in [1.29, 1.82) is 10.9 Å². The molecule has 1 aliphatic carbocycles. The van der Waals surface area contributed by atoms with Gasteiger partial charge in [0.15, 0.2) is 0 Å². The molecule has 2 fully saturated rings. The summed E-state index contributed by atoms with van der Waals surface area (Å²) in [5.41, 5.74) is 10.4. The monoisotopic (exact) mass is 592 g/mol. The van der Waals surface area contributed by atoms with Crippen molar-refractivity contribution in [3.8, 4) is 0 Å². The van der Waals surface area contributed by atoms with E-state index in [0.29, 0.717) is 36.8 Å². The molecule has 3 heterocycles. The highest BCUT2D eigenvalue weighted by molar-refractivity contribution is 5.94. The molecule has 2 amide bonds. The van der Waals surface area contributed by atoms with Gasteiger partial charge < -0.3 is 19.9 Å². The maximum Gasteiger partial charge on any atom is 0.336 e. The van der Waals surface area contributed by atoms with Gasteiger partial charge in [0.2, 0.25) is 11.8 Å². The van der Waals surface area contributed by atoms with Gasteiger partial charge in [-0.2, -0.15) is 5.11 Å². The average Bonchev–Trinajstić information content (AvgIpc) is 3.50. The Balaban J connectivity index is 1.35. The van der Waals surface area contributed by atoms with Crippen LogP contribution in [0.2, 0.25) is 0 Å². The van der Waals surface area contributed by atoms with Crippen LogP contribution in [0.3, 0.4) is 0 Å². The van der Waals surface area contributed by atoms with E-state index in [1.165, 1.54) is 11.8 Å². The van der Waals surface area contributed by atoms with Crippen LogP contribution in [0.1, 0.15) is 95.2 Å². The number of pyridine rings is 1. The van der Waals surface area contributed by atoms with Crippen molar-refractivity contribution in [2.24, 2.45) is 22.4 Å². The first-order valence-electron chi connectivity index (χ1n) is 15.8. The molecule has 3 unspecified atom stereocenters. The highest BCUT2D eigenvalue weighted by Gasteiger charge is 2.50. The van der Waals surface area contributed by atoms with Crippen molar-refractivity contribution in [3.63, 3.8) is 0 Å². The Hall–Kier alpha value is -3.43. The number of ether oxygens (including phenoxy) is 1. The van der Waals surface area contributed by atoms with E-state index in [-0.39, 0.29) is 41.8 Å². The van der Waals surface area contributed by atoms with Crippen molar-refractivity contribution in [2.75, 3.05) is 27.2 Å². The van der Waals surface area contributed by atoms with Crippen molar-refractivity contribution >= 4 is 24.0 Å². The van der Waals surface area contributed by atoms with Crippen molar-refractivity contribution < 1.29 is 19.1 Å². The maximum absolute atomic E-state index is 13.6. The Morgan fingerprint density at radius 2 is 1.98 bits per heavy atom. The van der Waals surface area contributed by atoms with Crippen LogP contribution in [0, 0.1) is 28.2 Å². The molecule has 1 saturated heterocycles. The van der Waals surface area contributed by atoms with Gasteiger partial charge in [-0.1, -0.05) is 13.0 Å². The largest absolute Gasteiger partial charge is 0.456 e. The van der Waals surface area contributed by atoms with Crippen LogP contribution in [0.5, 0.6) is 0 Å². The van der Waals surface area contributed by atoms with Gasteiger partial charge in [0.05, 0.1) is 22.7 Å². The fourth-order valence-corrected chi connectivity index (χ4v) is 7.21. The molecule has 3 atom stereocenters. The summed E-state index contributed by atoms with van der Waals surface area (Å²) in [4.78, 5) is 46.1. The predicted octanol–water partition coefficient (Wildman–Crippen LogP) is 5.67. The molecular weight excluding hydrogens is 544 g/mol. The van der Waals surface area contributed by atoms with Crippen molar-refractivity contribution in [2.45, 2.75) is 96.4 Å². The second-order valence-electron chi connectivity index (χ2n) is 13.0. The third kappa shape index (κ3) is 7.39. The zero-order valence-electron chi connectivity index (χ0n) is 26.2. The first kappa shape index (κ1) is 32.5. The van der Waals surface area contributed by atoms with E-state index in [0.717, 1.165) is 69.2 Å². The van der Waals surface area contributed by atoms with Gasteiger partial charge in [-0.3, -0.25) is 14.6 Å². The van der Waals surface area contributed by atoms with Gasteiger partial charge >= 0.3 is 5.97 Å². The summed E-state index contributed by atoms with van der Waals surface area (Å²) in [5, 5.41) is 11.0. The number of hydrogen-bond donors (Lipinski definition) is 2. The van der Waals surface area contributed by atoms with Gasteiger partial charge in [0.1, 0.15) is 6.61 Å². The third-order valence-electron chi connectivity index (χ3n) is 10.3. The number of amides is 2. The molecule has 2 aliphatic heterocycles. The molecule has 2 N–H and O–H groups in total. The molecule has 43 heavy (non-hydrogen) atoms. The van der Waals surface area contributed by atoms with E-state index in [1.54, 1.807) is 11.8 Å². The van der Waals surface area contributed by atoms with Crippen LogP contribution in [-0.4, -0.2) is 72.1 Å². The van der Waals surface area contributed by atoms with E-state index in [4.69, 9.17) is 15.7 Å². The van der Waals surface area contributed by atoms with Gasteiger partial charge in [0.25, 0.3) is 0 Å². The quantitative estimate of drug-likeness (QED) is 0.163. The fraction of sp³-hybridized carbons (Fsp3) is 0.667. The first-order chi connectivity index (χ1) is 20.6. The zero-order valence-corrected chi connectivity index (χ0v) is 26.2. The van der Waals surface area contributed by atoms with E-state index in [9.17, 15) is 14.4 Å². The Morgan fingerprint density at radius 1 is 1.23 bits per heavy atom. The second kappa shape index (κ2) is 14.4. The molecule has 0 aromatic carbocycles. The van der Waals surface area contributed by atoms with Crippen LogP contribution >= 0.6 is 0 Å². The smallest absolute Gasteiger partial charge is 0.336 e. The van der Waals surface area contributed by atoms with Gasteiger partial charge in [-0.15, -0.1) is 0 Å². The van der Waals surface area contributed by atoms with Crippen LogP contribution in [0.25, 0.3) is 0 Å². The molecule has 0 radical (unpaired) electrons. The molecule has 1 saturated carbocycles. The lowest BCUT2D eigenvalue weighted by Crippen LogP contribution is -2.38. The summed E-state index contributed by atoms with van der Waals surface area (Å²) in [6, 6.07) is 3.86. The number of nitrogens with zero attached hydrogens (tertiary/aromatic N) is 4. The van der Waals surface area contributed by atoms with E-state index in [1.807, 2.05) is 38.2 Å². The highest BCUT2D eigenvalue weighted by atomic mass is 16.5. The number of rotatable bonds is 14. The molecule has 1 aromatic rings. The van der Waals surface area contributed by atoms with E-state index in [2.05, 4.69) is 16.2 Å². The number of aryl methyl sites for hydroxylation is 1. The number of carbonyl (C=O) groups is 3. The van der Waals surface area contributed by atoms with Gasteiger partial charge in [-0.25, -0.2) is 10.3 Å². The molecular formula is C33H48N6O4. The molecule has 4 rings (SSSR count). The van der Waals surface area contributed by atoms with Crippen molar-refractivity contribution in [1.82, 2.24) is 14.8 Å². The fourth-order valence-electron chi connectivity index (χ4n) is 7.21. The molecule has 1 spiro atoms. The number of esters is 1. The highest BCUT2D eigenvalue weighted by Crippen LogP contribution is 2.50. The first-order valence-corrected chi connectivity index (χ1v) is 15.8. The molecule has 1 aromatic heterocycles. The van der Waals surface area contributed by atoms with Crippen LogP contribution in [0.4, 0.5) is 0 Å². The molecule has 0 bridgehead atoms. The number of carbonyl (C=O) groups excluding carboxylic acids is 3. The minimum Gasteiger partial charge on any atom is -0.456 e. The molecule has 10 nitrogen and oxygen atoms in total. The lowest BCUT2D eigenvalue weighted by Gasteiger charge is -2.39. The van der Waals surface area contributed by atoms with Crippen LogP contribution in [-0.2, 0) is 25.5 Å². The van der Waals surface area contributed by atoms with Crippen LogP contribution < -0.4 is 0 Å². The number of hydrogen-bond acceptors (Lipinski definition) is 8. The third-order valence-corrected chi connectivity index (χ3v) is 10.3. The Morgan fingerprint density at radius 3 is 2.56 bits per heavy atom. The summed E-state index contributed by atoms with van der Waals surface area (Å²) in [6.45, 7) is 4.60. The summed E-state index contributed by atoms with van der Waals surface area (Å²) in [7, 11) is 3.62. The molecule has 10 heteroatoms. The number of likely N-dealkylation sites (tertiary alicyclic amines) is 1. The Kier molecular flexibility index (Phi) is 10.8. The summed E-state index contributed by atoms with van der Waals surface area (Å²) >= 11 is 0. The zero-order chi connectivity index (χ0) is 31.1. The van der Waals surface area contributed by atoms with E-state index < -0.39 is 0 Å². The minimum absolute atomic E-state index is 0.0186. The van der Waals surface area contributed by atoms with Gasteiger partial charge in [0, 0.05) is 51.3 Å². The van der Waals surface area contributed by atoms with Gasteiger partial charge in [-0.05, 0) is 94.4 Å². The lowest BCUT2D eigenvalue weighted by molar-refractivity contribution is -0.138. The molecule has 3 aliphatic rings. The summed E-state index contributed by atoms with van der Waals surface area (Å²) in [5.74, 6) is 0.883. The average molecular weight is 593 g/mol. The second-order valence-corrected chi connectivity index (χ2v) is 13.0. The lowest BCUT2D eigenvalue weighted by atomic mass is 9.65. The molecule has 234 valence electrons. The van der Waals surface area contributed by atoms with Crippen molar-refractivity contribution in [3.05, 3.63) is 40.9 Å². The summed E-state index contributed by atoms with van der Waals surface area (Å²) < 4.78 is 5.17. The predicted molar refractivity (Wildman–Crippen MR) is 164 cm³/mol. The van der Waals surface area contributed by atoms with Crippen LogP contribution in [0.15, 0.2) is 34.7 Å². The topological polar surface area (TPSA) is 140 Å². The number of nitrogens with one attached hydrogen (secondary N) is 2.